The van der Waals surface area contributed by atoms with Crippen LogP contribution in [-0.4, -0.2) is 55.3 Å². The van der Waals surface area contributed by atoms with E-state index in [-0.39, 0.29) is 32.7 Å². The molecule has 0 saturated heterocycles. The van der Waals surface area contributed by atoms with Crippen molar-refractivity contribution in [3.05, 3.63) is 70.7 Å². The van der Waals surface area contributed by atoms with E-state index in [9.17, 15) is 19.6 Å². The molecule has 1 aliphatic rings. The summed E-state index contributed by atoms with van der Waals surface area (Å²) in [6, 6.07) is 18.3. The molecule has 1 saturated carbocycles. The topological polar surface area (TPSA) is 130 Å². The minimum absolute atomic E-state index is 0.114. The molecule has 3 atom stereocenters. The minimum Gasteiger partial charge on any atom is -0.457 e. The van der Waals surface area contributed by atoms with E-state index in [1.54, 1.807) is 50.7 Å². The van der Waals surface area contributed by atoms with Crippen LogP contribution in [0, 0.1) is 28.6 Å². The number of amides is 2. The molecule has 0 bridgehead atoms. The number of nitrogens with zero attached hydrogens (tertiary/aromatic N) is 3. The van der Waals surface area contributed by atoms with Crippen molar-refractivity contribution in [1.29, 1.82) is 5.26 Å². The number of hydrogen-bond acceptors (Lipinski definition) is 9. The number of nitriles is 1. The standard InChI is InChI=1S/C22H19Cl2NO3.C7H13N3O3S/c1-22(2)17(12-19(23)24)20(22)21(26)28-18(13-25)14-7-6-10-16(11-14)27-15-8-4-3-5-9-15;1-8-7(12)13-9-5(14-4)6(11)10(2)3/h3-12,17-18,20H,1-2H3;1-4H3,(H,8,12)/t17?,18-,20?;/m1./s1. The summed E-state index contributed by atoms with van der Waals surface area (Å²) in [5.74, 6) is -0.0150. The molecule has 1 N–H and O–H groups in total. The highest BCUT2D eigenvalue weighted by Crippen LogP contribution is 2.60. The van der Waals surface area contributed by atoms with Gasteiger partial charge in [-0.3, -0.25) is 14.4 Å². The maximum absolute atomic E-state index is 12.6. The fourth-order valence-corrected chi connectivity index (χ4v) is 4.52. The summed E-state index contributed by atoms with van der Waals surface area (Å²) in [4.78, 5) is 40.3. The molecule has 0 radical (unpaired) electrons. The van der Waals surface area contributed by atoms with Crippen LogP contribution in [-0.2, 0) is 19.2 Å². The molecule has 42 heavy (non-hydrogen) atoms. The van der Waals surface area contributed by atoms with Crippen LogP contribution in [0.4, 0.5) is 4.79 Å². The van der Waals surface area contributed by atoms with Gasteiger partial charge in [0, 0.05) is 26.7 Å². The van der Waals surface area contributed by atoms with Crippen LogP contribution >= 0.6 is 35.0 Å². The van der Waals surface area contributed by atoms with Crippen molar-refractivity contribution < 1.29 is 28.7 Å². The molecule has 0 heterocycles. The summed E-state index contributed by atoms with van der Waals surface area (Å²) in [5.41, 5.74) is 0.231. The summed E-state index contributed by atoms with van der Waals surface area (Å²) in [7, 11) is 4.59. The third kappa shape index (κ3) is 9.98. The summed E-state index contributed by atoms with van der Waals surface area (Å²) < 4.78 is 11.4. The molecule has 2 aromatic rings. The molecule has 0 aromatic heterocycles. The van der Waals surface area contributed by atoms with Gasteiger partial charge in [-0.05, 0) is 47.9 Å². The molecule has 10 nitrogen and oxygen atoms in total. The Morgan fingerprint density at radius 2 is 1.76 bits per heavy atom. The van der Waals surface area contributed by atoms with Gasteiger partial charge in [0.1, 0.15) is 22.1 Å². The van der Waals surface area contributed by atoms with E-state index in [4.69, 9.17) is 32.7 Å². The molecule has 2 aromatic carbocycles. The highest BCUT2D eigenvalue weighted by Gasteiger charge is 2.62. The van der Waals surface area contributed by atoms with Gasteiger partial charge in [-0.25, -0.2) is 4.79 Å². The number of carbonyl (C=O) groups is 3. The van der Waals surface area contributed by atoms with Crippen molar-refractivity contribution in [3.8, 4) is 17.6 Å². The van der Waals surface area contributed by atoms with Crippen LogP contribution in [0.2, 0.25) is 0 Å². The molecule has 1 aliphatic carbocycles. The van der Waals surface area contributed by atoms with E-state index in [1.165, 1.54) is 11.9 Å². The third-order valence-corrected chi connectivity index (χ3v) is 7.05. The van der Waals surface area contributed by atoms with Crippen LogP contribution in [0.15, 0.2) is 70.3 Å². The highest BCUT2D eigenvalue weighted by atomic mass is 35.5. The van der Waals surface area contributed by atoms with Gasteiger partial charge < -0.3 is 19.7 Å². The fraction of sp³-hybridized carbons (Fsp3) is 0.345. The molecule has 0 spiro atoms. The van der Waals surface area contributed by atoms with E-state index in [0.717, 1.165) is 11.8 Å². The van der Waals surface area contributed by atoms with Crippen LogP contribution in [0.1, 0.15) is 25.5 Å². The Kier molecular flexibility index (Phi) is 13.2. The maximum atomic E-state index is 12.6. The minimum atomic E-state index is -1.03. The monoisotopic (exact) mass is 634 g/mol. The summed E-state index contributed by atoms with van der Waals surface area (Å²) >= 11 is 12.6. The zero-order valence-electron chi connectivity index (χ0n) is 24.0. The van der Waals surface area contributed by atoms with Gasteiger partial charge in [-0.2, -0.15) is 5.26 Å². The zero-order chi connectivity index (χ0) is 31.4. The largest absolute Gasteiger partial charge is 0.457 e. The average Bonchev–Trinajstić information content (AvgIpc) is 3.50. The van der Waals surface area contributed by atoms with Crippen molar-refractivity contribution in [2.45, 2.75) is 20.0 Å². The van der Waals surface area contributed by atoms with Crippen LogP contribution in [0.3, 0.4) is 0 Å². The Morgan fingerprint density at radius 3 is 2.31 bits per heavy atom. The van der Waals surface area contributed by atoms with E-state index in [1.807, 2.05) is 50.2 Å². The van der Waals surface area contributed by atoms with Gasteiger partial charge in [0.2, 0.25) is 11.1 Å². The first kappa shape index (κ1) is 34.5. The molecule has 2 amide bonds. The van der Waals surface area contributed by atoms with Crippen molar-refractivity contribution in [3.63, 3.8) is 0 Å². The SMILES string of the molecule is CC1(C)C(C=C(Cl)Cl)C1C(=O)O[C@H](C#N)c1cccc(Oc2ccccc2)c1.CNC(=O)ON=C(SC)C(=O)N(C)C. The van der Waals surface area contributed by atoms with Crippen molar-refractivity contribution >= 4 is 58.0 Å². The first-order valence-corrected chi connectivity index (χ1v) is 14.5. The van der Waals surface area contributed by atoms with Crippen molar-refractivity contribution in [2.24, 2.45) is 22.4 Å². The number of rotatable bonds is 7. The fourth-order valence-electron chi connectivity index (χ4n) is 3.78. The Labute approximate surface area is 259 Å². The number of nitrogens with one attached hydrogen (secondary N) is 1. The smallest absolute Gasteiger partial charge is 0.433 e. The molecule has 1 fully saturated rings. The Balaban J connectivity index is 0.000000374. The lowest BCUT2D eigenvalue weighted by Crippen LogP contribution is -2.28. The molecular formula is C29H32Cl2N4O6S. The zero-order valence-corrected chi connectivity index (χ0v) is 26.3. The van der Waals surface area contributed by atoms with Gasteiger partial charge >= 0.3 is 12.1 Å². The second-order valence-corrected chi connectivity index (χ2v) is 11.4. The summed E-state index contributed by atoms with van der Waals surface area (Å²) in [5, 5.41) is 15.3. The molecule has 13 heteroatoms. The summed E-state index contributed by atoms with van der Waals surface area (Å²) in [6.07, 6.45) is 1.58. The highest BCUT2D eigenvalue weighted by molar-refractivity contribution is 8.15. The second kappa shape index (κ2) is 16.1. The number of benzene rings is 2. The number of thioether (sulfide) groups is 1. The van der Waals surface area contributed by atoms with Gasteiger partial charge in [0.15, 0.2) is 0 Å². The van der Waals surface area contributed by atoms with E-state index >= 15 is 0 Å². The molecule has 224 valence electrons. The number of para-hydroxylation sites is 1. The first-order valence-electron chi connectivity index (χ1n) is 12.5. The normalized spacial score (nSPS) is 17.2. The predicted molar refractivity (Wildman–Crippen MR) is 163 cm³/mol. The molecular weight excluding hydrogens is 603 g/mol. The number of halogens is 2. The Bertz CT molecular complexity index is 1360. The Morgan fingerprint density at radius 1 is 1.12 bits per heavy atom. The van der Waals surface area contributed by atoms with Gasteiger partial charge in [-0.15, -0.1) is 11.8 Å². The number of carbonyl (C=O) groups excluding carboxylic acids is 3. The lowest BCUT2D eigenvalue weighted by molar-refractivity contribution is -0.149. The van der Waals surface area contributed by atoms with Gasteiger partial charge in [-0.1, -0.05) is 72.5 Å². The van der Waals surface area contributed by atoms with Gasteiger partial charge in [0.05, 0.1) is 5.92 Å². The number of oxime groups is 1. The van der Waals surface area contributed by atoms with Crippen molar-refractivity contribution in [2.75, 3.05) is 27.4 Å². The predicted octanol–water partition coefficient (Wildman–Crippen LogP) is 6.29. The second-order valence-electron chi connectivity index (χ2n) is 9.64. The molecule has 0 aliphatic heterocycles. The quantitative estimate of drug-likeness (QED) is 0.124. The van der Waals surface area contributed by atoms with E-state index in [0.29, 0.717) is 17.1 Å². The molecule has 3 rings (SSSR count). The maximum Gasteiger partial charge on any atom is 0.433 e. The van der Waals surface area contributed by atoms with E-state index in [2.05, 4.69) is 15.3 Å². The van der Waals surface area contributed by atoms with Crippen LogP contribution in [0.5, 0.6) is 11.5 Å². The lowest BCUT2D eigenvalue weighted by Gasteiger charge is -2.13. The molecule has 2 unspecified atom stereocenters. The number of ether oxygens (including phenoxy) is 2. The van der Waals surface area contributed by atoms with E-state index < -0.39 is 18.2 Å². The van der Waals surface area contributed by atoms with Crippen LogP contribution in [0.25, 0.3) is 0 Å². The van der Waals surface area contributed by atoms with Crippen LogP contribution < -0.4 is 10.1 Å². The number of allylic oxidation sites excluding steroid dienone is 1. The lowest BCUT2D eigenvalue weighted by atomic mass is 10.1. The third-order valence-electron chi connectivity index (χ3n) is 6.16. The Hall–Kier alpha value is -3.72. The summed E-state index contributed by atoms with van der Waals surface area (Å²) in [6.45, 7) is 3.87. The number of hydrogen-bond donors (Lipinski definition) is 1. The average molecular weight is 636 g/mol. The number of esters is 1. The van der Waals surface area contributed by atoms with Gasteiger partial charge in [0.25, 0.3) is 5.91 Å². The van der Waals surface area contributed by atoms with Crippen molar-refractivity contribution in [1.82, 2.24) is 10.2 Å². The first-order chi connectivity index (χ1) is 19.8.